The van der Waals surface area contributed by atoms with Crippen LogP contribution >= 0.6 is 11.3 Å². The largest absolute Gasteiger partial charge is 0.354 e. The fourth-order valence-electron chi connectivity index (χ4n) is 5.78. The molecule has 8 aromatic rings. The minimum absolute atomic E-state index is 1.19. The van der Waals surface area contributed by atoms with Crippen LogP contribution in [-0.2, 0) is 0 Å². The molecule has 0 saturated heterocycles. The van der Waals surface area contributed by atoms with E-state index in [1.807, 2.05) is 30.4 Å². The Bertz CT molecular complexity index is 2210. The molecule has 1 N–H and O–H groups in total. The topological polar surface area (TPSA) is 15.8 Å². The molecule has 0 aliphatic rings. The van der Waals surface area contributed by atoms with Crippen molar-refractivity contribution < 1.29 is 0 Å². The second-order valence-corrected chi connectivity index (χ2v) is 10.8. The monoisotopic (exact) mass is 517 g/mol. The summed E-state index contributed by atoms with van der Waals surface area (Å²) in [5, 5.41) is 10.5. The van der Waals surface area contributed by atoms with Crippen molar-refractivity contribution in [1.29, 1.82) is 0 Å². The van der Waals surface area contributed by atoms with Gasteiger partial charge in [0.25, 0.3) is 0 Å². The molecule has 0 aliphatic heterocycles. The Balaban J connectivity index is 0.000000468. The van der Waals surface area contributed by atoms with Crippen molar-refractivity contribution in [2.75, 3.05) is 0 Å². The van der Waals surface area contributed by atoms with E-state index in [0.717, 1.165) is 0 Å². The van der Waals surface area contributed by atoms with E-state index in [9.17, 15) is 0 Å². The zero-order valence-corrected chi connectivity index (χ0v) is 22.6. The molecule has 8 rings (SSSR count). The molecule has 2 aromatic heterocycles. The molecule has 0 saturated carbocycles. The van der Waals surface area contributed by atoms with Crippen LogP contribution in [0.4, 0.5) is 0 Å². The summed E-state index contributed by atoms with van der Waals surface area (Å²) in [5.74, 6) is 0. The lowest BCUT2D eigenvalue weighted by atomic mass is 9.97. The summed E-state index contributed by atoms with van der Waals surface area (Å²) in [6.45, 7) is 5.42. The second-order valence-electron chi connectivity index (χ2n) is 9.78. The van der Waals surface area contributed by atoms with Crippen LogP contribution in [0.2, 0.25) is 0 Å². The molecule has 0 spiro atoms. The van der Waals surface area contributed by atoms with E-state index in [0.29, 0.717) is 0 Å². The maximum Gasteiger partial charge on any atom is 0.0551 e. The zero-order chi connectivity index (χ0) is 26.3. The van der Waals surface area contributed by atoms with Crippen LogP contribution in [0.3, 0.4) is 0 Å². The summed E-state index contributed by atoms with van der Waals surface area (Å²) in [5.41, 5.74) is 5.01. The molecule has 0 atom stereocenters. The van der Waals surface area contributed by atoms with Crippen molar-refractivity contribution in [2.24, 2.45) is 0 Å². The van der Waals surface area contributed by atoms with E-state index in [1.165, 1.54) is 74.6 Å². The minimum Gasteiger partial charge on any atom is -0.354 e. The van der Waals surface area contributed by atoms with Crippen molar-refractivity contribution in [3.05, 3.63) is 134 Å². The molecule has 0 fully saturated rings. The average molecular weight is 518 g/mol. The fourth-order valence-corrected chi connectivity index (χ4v) is 7.16. The van der Waals surface area contributed by atoms with E-state index >= 15 is 0 Å². The Morgan fingerprint density at radius 3 is 2.15 bits per heavy atom. The predicted molar refractivity (Wildman–Crippen MR) is 174 cm³/mol. The first kappa shape index (κ1) is 23.5. The highest BCUT2D eigenvalue weighted by atomic mass is 32.1. The third kappa shape index (κ3) is 3.76. The van der Waals surface area contributed by atoms with Crippen molar-refractivity contribution >= 4 is 74.9 Å². The molecule has 6 aromatic carbocycles. The Morgan fingerprint density at radius 1 is 0.641 bits per heavy atom. The summed E-state index contributed by atoms with van der Waals surface area (Å²) in [6, 6.07) is 39.7. The molecule has 2 heteroatoms. The molecule has 0 radical (unpaired) electrons. The lowest BCUT2D eigenvalue weighted by Gasteiger charge is -2.06. The smallest absolute Gasteiger partial charge is 0.0551 e. The molecule has 186 valence electrons. The summed E-state index contributed by atoms with van der Waals surface area (Å²) in [7, 11) is 0. The number of allylic oxidation sites excluding steroid dienone is 3. The number of rotatable bonds is 2. The Morgan fingerprint density at radius 2 is 1.36 bits per heavy atom. The third-order valence-electron chi connectivity index (χ3n) is 7.50. The summed E-state index contributed by atoms with van der Waals surface area (Å²) in [4.78, 5) is 3.74. The summed E-state index contributed by atoms with van der Waals surface area (Å²) in [6.07, 6.45) is 5.58. The summed E-state index contributed by atoms with van der Waals surface area (Å²) >= 11 is 1.93. The molecule has 0 unspecified atom stereocenters. The Kier molecular flexibility index (Phi) is 5.76. The molecule has 0 amide bonds. The van der Waals surface area contributed by atoms with Gasteiger partial charge >= 0.3 is 0 Å². The lowest BCUT2D eigenvalue weighted by Crippen LogP contribution is -1.80. The SMILES string of the molecule is C=C/C=C\C.c1ccc2cc(-c3cccc4c3sc3c5ccccc5c5[nH]c6ccccc6c5c43)ccc2c1. The molecule has 39 heavy (non-hydrogen) atoms. The van der Waals surface area contributed by atoms with Crippen LogP contribution in [-0.4, -0.2) is 4.98 Å². The zero-order valence-electron chi connectivity index (χ0n) is 21.7. The number of aromatic nitrogens is 1. The molecule has 2 heterocycles. The number of nitrogens with one attached hydrogen (secondary N) is 1. The quantitative estimate of drug-likeness (QED) is 0.219. The predicted octanol–water partition coefficient (Wildman–Crippen LogP) is 11.4. The fraction of sp³-hybridized carbons (Fsp3) is 0.0270. The Hall–Kier alpha value is -4.66. The van der Waals surface area contributed by atoms with Gasteiger partial charge in [-0.15, -0.1) is 11.3 Å². The first-order chi connectivity index (χ1) is 19.3. The van der Waals surface area contributed by atoms with Crippen LogP contribution in [0.1, 0.15) is 6.92 Å². The Labute approximate surface area is 231 Å². The average Bonchev–Trinajstić information content (AvgIpc) is 3.57. The standard InChI is InChI=1S/C32H19NS.C5H8/c1-2-9-20-18-21(17-16-19(20)8-1)22-13-7-14-26-29-28-25-12-5-6-15-27(25)33-30(28)23-10-3-4-11-24(23)32(29)34-31(22)26;1-3-5-4-2/h1-18,33H;3-5H,1H2,2H3/b;5-4-. The van der Waals surface area contributed by atoms with Crippen molar-refractivity contribution in [1.82, 2.24) is 4.98 Å². The van der Waals surface area contributed by atoms with Gasteiger partial charge in [-0.3, -0.25) is 0 Å². The lowest BCUT2D eigenvalue weighted by molar-refractivity contribution is 1.57. The number of benzene rings is 6. The van der Waals surface area contributed by atoms with Crippen LogP contribution in [0, 0.1) is 0 Å². The van der Waals surface area contributed by atoms with Gasteiger partial charge in [0, 0.05) is 47.2 Å². The molecular weight excluding hydrogens is 490 g/mol. The number of H-pyrrole nitrogens is 1. The van der Waals surface area contributed by atoms with Crippen LogP contribution in [0.15, 0.2) is 134 Å². The first-order valence-electron chi connectivity index (χ1n) is 13.3. The van der Waals surface area contributed by atoms with Gasteiger partial charge < -0.3 is 4.98 Å². The molecular formula is C37H27NS. The highest BCUT2D eigenvalue weighted by molar-refractivity contribution is 7.27. The van der Waals surface area contributed by atoms with Crippen LogP contribution in [0.25, 0.3) is 74.6 Å². The second kappa shape index (κ2) is 9.58. The number of para-hydroxylation sites is 1. The van der Waals surface area contributed by atoms with Crippen LogP contribution < -0.4 is 0 Å². The molecule has 0 bridgehead atoms. The molecule has 1 nitrogen and oxygen atoms in total. The van der Waals surface area contributed by atoms with E-state index in [4.69, 9.17) is 0 Å². The van der Waals surface area contributed by atoms with Gasteiger partial charge in [0.05, 0.1) is 5.52 Å². The normalized spacial score (nSPS) is 11.7. The number of hydrogen-bond acceptors (Lipinski definition) is 1. The van der Waals surface area contributed by atoms with E-state index in [2.05, 4.69) is 121 Å². The first-order valence-corrected chi connectivity index (χ1v) is 14.1. The van der Waals surface area contributed by atoms with E-state index in [1.54, 1.807) is 6.08 Å². The highest BCUT2D eigenvalue weighted by Crippen LogP contribution is 2.48. The highest BCUT2D eigenvalue weighted by Gasteiger charge is 2.19. The van der Waals surface area contributed by atoms with Gasteiger partial charge in [-0.1, -0.05) is 122 Å². The maximum atomic E-state index is 3.74. The molecule has 0 aliphatic carbocycles. The van der Waals surface area contributed by atoms with Crippen molar-refractivity contribution in [3.8, 4) is 11.1 Å². The number of fused-ring (bicyclic) bond motifs is 11. The van der Waals surface area contributed by atoms with Gasteiger partial charge in [0.15, 0.2) is 0 Å². The number of thiophene rings is 1. The van der Waals surface area contributed by atoms with Crippen molar-refractivity contribution in [3.63, 3.8) is 0 Å². The van der Waals surface area contributed by atoms with Crippen LogP contribution in [0.5, 0.6) is 0 Å². The minimum atomic E-state index is 1.19. The van der Waals surface area contributed by atoms with E-state index < -0.39 is 0 Å². The van der Waals surface area contributed by atoms with Gasteiger partial charge in [-0.25, -0.2) is 0 Å². The van der Waals surface area contributed by atoms with Gasteiger partial charge in [-0.05, 0) is 41.0 Å². The summed E-state index contributed by atoms with van der Waals surface area (Å²) < 4.78 is 2.73. The van der Waals surface area contributed by atoms with Gasteiger partial charge in [0.2, 0.25) is 0 Å². The number of hydrogen-bond donors (Lipinski definition) is 1. The third-order valence-corrected chi connectivity index (χ3v) is 8.77. The number of aromatic amines is 1. The maximum absolute atomic E-state index is 3.74. The van der Waals surface area contributed by atoms with Crippen molar-refractivity contribution in [2.45, 2.75) is 6.92 Å². The van der Waals surface area contributed by atoms with Gasteiger partial charge in [0.1, 0.15) is 0 Å². The van der Waals surface area contributed by atoms with Gasteiger partial charge in [-0.2, -0.15) is 0 Å². The van der Waals surface area contributed by atoms with E-state index in [-0.39, 0.29) is 0 Å².